The van der Waals surface area contributed by atoms with E-state index in [9.17, 15) is 9.18 Å². The lowest BCUT2D eigenvalue weighted by molar-refractivity contribution is 0.0785. The van der Waals surface area contributed by atoms with E-state index in [2.05, 4.69) is 10.1 Å². The topological polar surface area (TPSA) is 59.2 Å². The fraction of sp³-hybridized carbons (Fsp3) is 0.357. The number of carbonyl (C=O) groups is 1. The first-order valence-corrected chi connectivity index (χ1v) is 6.97. The fourth-order valence-corrected chi connectivity index (χ4v) is 2.62. The predicted octanol–water partition coefficient (Wildman–Crippen LogP) is 2.80. The molecule has 110 valence electrons. The number of halogens is 2. The van der Waals surface area contributed by atoms with Crippen LogP contribution in [-0.2, 0) is 0 Å². The Hall–Kier alpha value is -1.95. The lowest BCUT2D eigenvalue weighted by Crippen LogP contribution is -2.29. The summed E-state index contributed by atoms with van der Waals surface area (Å²) in [7, 11) is 0. The molecule has 0 N–H and O–H groups in total. The number of hydrogen-bond acceptors (Lipinski definition) is 4. The smallest absolute Gasteiger partial charge is 0.256 e. The molecule has 1 atom stereocenters. The molecule has 1 fully saturated rings. The average Bonchev–Trinajstić information content (AvgIpc) is 3.06. The van der Waals surface area contributed by atoms with Gasteiger partial charge in [0.05, 0.1) is 11.5 Å². The second kappa shape index (κ2) is 5.44. The van der Waals surface area contributed by atoms with Gasteiger partial charge in [-0.15, -0.1) is 0 Å². The van der Waals surface area contributed by atoms with Crippen LogP contribution in [0.1, 0.15) is 34.4 Å². The summed E-state index contributed by atoms with van der Waals surface area (Å²) in [5, 5.41) is 4.02. The predicted molar refractivity (Wildman–Crippen MR) is 73.7 cm³/mol. The fourth-order valence-electron chi connectivity index (χ4n) is 2.46. The zero-order valence-electron chi connectivity index (χ0n) is 11.3. The van der Waals surface area contributed by atoms with Crippen molar-refractivity contribution in [3.8, 4) is 0 Å². The van der Waals surface area contributed by atoms with Gasteiger partial charge in [-0.2, -0.15) is 4.98 Å². The van der Waals surface area contributed by atoms with Crippen molar-refractivity contribution in [2.24, 2.45) is 0 Å². The summed E-state index contributed by atoms with van der Waals surface area (Å²) < 4.78 is 18.9. The number of amides is 1. The minimum Gasteiger partial charge on any atom is -0.339 e. The number of aromatic nitrogens is 2. The van der Waals surface area contributed by atoms with Gasteiger partial charge in [0.1, 0.15) is 5.82 Å². The van der Waals surface area contributed by atoms with E-state index >= 15 is 0 Å². The quantitative estimate of drug-likeness (QED) is 0.856. The molecule has 1 aromatic carbocycles. The standard InChI is InChI=1S/C14H13ClFN3O2/c1-8-17-13(21-18-8)9-4-5-19(7-9)14(20)11-3-2-10(15)6-12(11)16/h2-3,6,9H,4-5,7H2,1H3/t9-/m0/s1. The van der Waals surface area contributed by atoms with Gasteiger partial charge in [0.15, 0.2) is 5.82 Å². The zero-order chi connectivity index (χ0) is 15.0. The third-order valence-corrected chi connectivity index (χ3v) is 3.76. The van der Waals surface area contributed by atoms with Crippen molar-refractivity contribution in [1.29, 1.82) is 0 Å². The van der Waals surface area contributed by atoms with Gasteiger partial charge in [-0.1, -0.05) is 16.8 Å². The molecular weight excluding hydrogens is 297 g/mol. The van der Waals surface area contributed by atoms with Gasteiger partial charge in [-0.3, -0.25) is 4.79 Å². The molecular formula is C14H13ClFN3O2. The van der Waals surface area contributed by atoms with E-state index in [0.717, 1.165) is 12.5 Å². The van der Waals surface area contributed by atoms with Gasteiger partial charge >= 0.3 is 0 Å². The van der Waals surface area contributed by atoms with Gasteiger partial charge in [-0.25, -0.2) is 4.39 Å². The molecule has 1 saturated heterocycles. The van der Waals surface area contributed by atoms with Gasteiger partial charge in [0.25, 0.3) is 5.91 Å². The van der Waals surface area contributed by atoms with Crippen molar-refractivity contribution < 1.29 is 13.7 Å². The SMILES string of the molecule is Cc1noc([C@H]2CCN(C(=O)c3ccc(Cl)cc3F)C2)n1. The van der Waals surface area contributed by atoms with Gasteiger partial charge in [-0.05, 0) is 31.5 Å². The first kappa shape index (κ1) is 14.0. The molecule has 0 unspecified atom stereocenters. The monoisotopic (exact) mass is 309 g/mol. The Morgan fingerprint density at radius 1 is 1.52 bits per heavy atom. The maximum atomic E-state index is 13.8. The summed E-state index contributed by atoms with van der Waals surface area (Å²) in [4.78, 5) is 18.1. The van der Waals surface area contributed by atoms with Crippen LogP contribution in [-0.4, -0.2) is 34.0 Å². The summed E-state index contributed by atoms with van der Waals surface area (Å²) in [5.41, 5.74) is 0.0294. The van der Waals surface area contributed by atoms with E-state index in [4.69, 9.17) is 16.1 Å². The third-order valence-electron chi connectivity index (χ3n) is 3.53. The summed E-state index contributed by atoms with van der Waals surface area (Å²) in [6.07, 6.45) is 0.725. The number of carbonyl (C=O) groups excluding carboxylic acids is 1. The molecule has 2 heterocycles. The van der Waals surface area contributed by atoms with E-state index in [1.165, 1.54) is 12.1 Å². The molecule has 1 aromatic heterocycles. The second-order valence-corrected chi connectivity index (χ2v) is 5.48. The molecule has 0 spiro atoms. The number of hydrogen-bond donors (Lipinski definition) is 0. The van der Waals surface area contributed by atoms with Crippen LogP contribution in [0, 0.1) is 12.7 Å². The molecule has 3 rings (SSSR count). The van der Waals surface area contributed by atoms with E-state index in [1.54, 1.807) is 11.8 Å². The van der Waals surface area contributed by atoms with Gasteiger partial charge in [0, 0.05) is 18.1 Å². The number of benzene rings is 1. The van der Waals surface area contributed by atoms with E-state index in [1.807, 2.05) is 0 Å². The van der Waals surface area contributed by atoms with Crippen LogP contribution in [0.25, 0.3) is 0 Å². The van der Waals surface area contributed by atoms with Crippen LogP contribution >= 0.6 is 11.6 Å². The second-order valence-electron chi connectivity index (χ2n) is 5.04. The van der Waals surface area contributed by atoms with Crippen LogP contribution in [0.5, 0.6) is 0 Å². The summed E-state index contributed by atoms with van der Waals surface area (Å²) in [5.74, 6) is 0.149. The lowest BCUT2D eigenvalue weighted by atomic mass is 10.1. The highest BCUT2D eigenvalue weighted by atomic mass is 35.5. The van der Waals surface area contributed by atoms with Gasteiger partial charge in [0.2, 0.25) is 5.89 Å². The molecule has 0 radical (unpaired) electrons. The zero-order valence-corrected chi connectivity index (χ0v) is 12.1. The number of nitrogens with zero attached hydrogens (tertiary/aromatic N) is 3. The highest BCUT2D eigenvalue weighted by Gasteiger charge is 2.32. The summed E-state index contributed by atoms with van der Waals surface area (Å²) in [6.45, 7) is 2.73. The molecule has 0 saturated carbocycles. The first-order chi connectivity index (χ1) is 10.0. The maximum Gasteiger partial charge on any atom is 0.256 e. The molecule has 1 aliphatic rings. The van der Waals surface area contributed by atoms with E-state index in [0.29, 0.717) is 24.8 Å². The Morgan fingerprint density at radius 2 is 2.33 bits per heavy atom. The largest absolute Gasteiger partial charge is 0.339 e. The summed E-state index contributed by atoms with van der Waals surface area (Å²) >= 11 is 5.69. The van der Waals surface area contributed by atoms with Crippen molar-refractivity contribution in [3.63, 3.8) is 0 Å². The van der Waals surface area contributed by atoms with E-state index in [-0.39, 0.29) is 22.4 Å². The van der Waals surface area contributed by atoms with Gasteiger partial charge < -0.3 is 9.42 Å². The van der Waals surface area contributed by atoms with Crippen LogP contribution in [0.2, 0.25) is 5.02 Å². The normalized spacial score (nSPS) is 18.2. The number of aryl methyl sites for hydroxylation is 1. The van der Waals surface area contributed by atoms with E-state index < -0.39 is 5.82 Å². The third kappa shape index (κ3) is 2.76. The molecule has 5 nitrogen and oxygen atoms in total. The Balaban J connectivity index is 1.75. The average molecular weight is 310 g/mol. The molecule has 0 bridgehead atoms. The minimum atomic E-state index is -0.607. The Bertz CT molecular complexity index is 689. The summed E-state index contributed by atoms with van der Waals surface area (Å²) in [6, 6.07) is 4.06. The Morgan fingerprint density at radius 3 is 3.00 bits per heavy atom. The lowest BCUT2D eigenvalue weighted by Gasteiger charge is -2.16. The van der Waals surface area contributed by atoms with Crippen LogP contribution in [0.3, 0.4) is 0 Å². The molecule has 0 aliphatic carbocycles. The Kier molecular flexibility index (Phi) is 3.63. The number of rotatable bonds is 2. The Labute approximate surface area is 125 Å². The number of likely N-dealkylation sites (tertiary alicyclic amines) is 1. The molecule has 2 aromatic rings. The molecule has 21 heavy (non-hydrogen) atoms. The van der Waals surface area contributed by atoms with Crippen LogP contribution < -0.4 is 0 Å². The molecule has 1 amide bonds. The first-order valence-electron chi connectivity index (χ1n) is 6.59. The van der Waals surface area contributed by atoms with Crippen molar-refractivity contribution in [2.75, 3.05) is 13.1 Å². The highest BCUT2D eigenvalue weighted by Crippen LogP contribution is 2.27. The van der Waals surface area contributed by atoms with Crippen LogP contribution in [0.4, 0.5) is 4.39 Å². The van der Waals surface area contributed by atoms with Crippen molar-refractivity contribution in [1.82, 2.24) is 15.0 Å². The van der Waals surface area contributed by atoms with Crippen molar-refractivity contribution in [3.05, 3.63) is 46.3 Å². The minimum absolute atomic E-state index is 0.00510. The van der Waals surface area contributed by atoms with Crippen molar-refractivity contribution >= 4 is 17.5 Å². The molecule has 7 heteroatoms. The van der Waals surface area contributed by atoms with Crippen molar-refractivity contribution in [2.45, 2.75) is 19.3 Å². The highest BCUT2D eigenvalue weighted by molar-refractivity contribution is 6.30. The molecule has 1 aliphatic heterocycles. The maximum absolute atomic E-state index is 13.8. The van der Waals surface area contributed by atoms with Crippen LogP contribution in [0.15, 0.2) is 22.7 Å².